The predicted molar refractivity (Wildman–Crippen MR) is 55.6 cm³/mol. The van der Waals surface area contributed by atoms with Crippen LogP contribution in [0.4, 0.5) is 13.2 Å². The van der Waals surface area contributed by atoms with Crippen LogP contribution in [0.1, 0.15) is 25.5 Å². The van der Waals surface area contributed by atoms with Crippen LogP contribution < -0.4 is 4.74 Å². The van der Waals surface area contributed by atoms with E-state index in [1.54, 1.807) is 0 Å². The van der Waals surface area contributed by atoms with Crippen LogP contribution in [0, 0.1) is 11.8 Å². The lowest BCUT2D eigenvalue weighted by Crippen LogP contribution is -2.28. The van der Waals surface area contributed by atoms with Crippen LogP contribution in [0.3, 0.4) is 0 Å². The first-order valence-electron chi connectivity index (χ1n) is 5.62. The van der Waals surface area contributed by atoms with Crippen LogP contribution in [0.25, 0.3) is 0 Å². The molecule has 1 aliphatic rings. The van der Waals surface area contributed by atoms with E-state index in [2.05, 4.69) is 12.0 Å². The fourth-order valence-corrected chi connectivity index (χ4v) is 1.95. The van der Waals surface area contributed by atoms with E-state index < -0.39 is 11.9 Å². The molecule has 0 spiro atoms. The molecule has 96 valence electrons. The van der Waals surface area contributed by atoms with Crippen molar-refractivity contribution in [2.45, 2.75) is 25.9 Å². The molecule has 0 aliphatic heterocycles. The van der Waals surface area contributed by atoms with E-state index in [0.717, 1.165) is 17.2 Å². The summed E-state index contributed by atoms with van der Waals surface area (Å²) in [5.41, 5.74) is -0.783. The van der Waals surface area contributed by atoms with E-state index in [-0.39, 0.29) is 5.88 Å². The van der Waals surface area contributed by atoms with Gasteiger partial charge in [-0.1, -0.05) is 6.92 Å². The third-order valence-corrected chi connectivity index (χ3v) is 3.39. The largest absolute Gasteiger partial charge is 0.476 e. The number of alkyl halides is 3. The highest BCUT2D eigenvalue weighted by molar-refractivity contribution is 5.18. The summed E-state index contributed by atoms with van der Waals surface area (Å²) in [7, 11) is 1.27. The van der Waals surface area contributed by atoms with E-state index in [1.807, 2.05) is 0 Å². The van der Waals surface area contributed by atoms with Crippen molar-refractivity contribution in [1.82, 2.24) is 9.78 Å². The maximum atomic E-state index is 12.5. The number of ether oxygens (including phenoxy) is 1. The quantitative estimate of drug-likeness (QED) is 0.822. The van der Waals surface area contributed by atoms with Crippen LogP contribution in [0.15, 0.2) is 6.07 Å². The van der Waals surface area contributed by atoms with Gasteiger partial charge in [0.1, 0.15) is 5.69 Å². The number of halogens is 3. The zero-order valence-corrected chi connectivity index (χ0v) is 9.79. The van der Waals surface area contributed by atoms with Crippen LogP contribution >= 0.6 is 0 Å². The highest BCUT2D eigenvalue weighted by Crippen LogP contribution is 2.35. The third kappa shape index (κ3) is 2.56. The molecule has 1 heterocycles. The SMILES string of the molecule is CC1CC[C@@H]1COc1cc(C(F)(F)F)n(C)n1. The van der Waals surface area contributed by atoms with Crippen molar-refractivity contribution < 1.29 is 17.9 Å². The standard InChI is InChI=1S/C11H15F3N2O/c1-7-3-4-8(7)6-17-10-5-9(11(12,13)14)16(2)15-10/h5,7-8H,3-4,6H2,1-2H3/t7?,8-/m1/s1. The normalized spacial score (nSPS) is 24.5. The van der Waals surface area contributed by atoms with Gasteiger partial charge in [-0.2, -0.15) is 13.2 Å². The van der Waals surface area contributed by atoms with Crippen molar-refractivity contribution in [3.05, 3.63) is 11.8 Å². The van der Waals surface area contributed by atoms with Gasteiger partial charge >= 0.3 is 6.18 Å². The Morgan fingerprint density at radius 1 is 1.47 bits per heavy atom. The maximum Gasteiger partial charge on any atom is 0.433 e. The number of hydrogen-bond acceptors (Lipinski definition) is 2. The number of aryl methyl sites for hydroxylation is 1. The molecule has 1 unspecified atom stereocenters. The topological polar surface area (TPSA) is 27.1 Å². The molecule has 1 fully saturated rings. The molecule has 0 amide bonds. The molecular weight excluding hydrogens is 233 g/mol. The number of hydrogen-bond donors (Lipinski definition) is 0. The minimum atomic E-state index is -4.38. The van der Waals surface area contributed by atoms with Crippen molar-refractivity contribution in [3.8, 4) is 5.88 Å². The highest BCUT2D eigenvalue weighted by atomic mass is 19.4. The second-order valence-electron chi connectivity index (χ2n) is 4.61. The summed E-state index contributed by atoms with van der Waals surface area (Å²) in [6, 6.07) is 0.948. The van der Waals surface area contributed by atoms with Crippen LogP contribution in [0.2, 0.25) is 0 Å². The van der Waals surface area contributed by atoms with Crippen LogP contribution in [-0.2, 0) is 13.2 Å². The van der Waals surface area contributed by atoms with Crippen molar-refractivity contribution >= 4 is 0 Å². The molecule has 1 aromatic rings. The number of aromatic nitrogens is 2. The Morgan fingerprint density at radius 3 is 2.59 bits per heavy atom. The van der Waals surface area contributed by atoms with Gasteiger partial charge in [0.05, 0.1) is 6.61 Å². The van der Waals surface area contributed by atoms with Gasteiger partial charge in [0.25, 0.3) is 0 Å². The van der Waals surface area contributed by atoms with E-state index in [4.69, 9.17) is 4.74 Å². The molecule has 0 N–H and O–H groups in total. The van der Waals surface area contributed by atoms with E-state index in [1.165, 1.54) is 13.5 Å². The molecule has 17 heavy (non-hydrogen) atoms. The fraction of sp³-hybridized carbons (Fsp3) is 0.727. The smallest absolute Gasteiger partial charge is 0.433 e. The van der Waals surface area contributed by atoms with Gasteiger partial charge in [-0.25, -0.2) is 0 Å². The Kier molecular flexibility index (Phi) is 3.05. The minimum absolute atomic E-state index is 0.0546. The fourth-order valence-electron chi connectivity index (χ4n) is 1.95. The molecule has 2 atom stereocenters. The van der Waals surface area contributed by atoms with Gasteiger partial charge in [-0.05, 0) is 24.7 Å². The predicted octanol–water partition coefficient (Wildman–Crippen LogP) is 2.86. The van der Waals surface area contributed by atoms with Gasteiger partial charge in [0.2, 0.25) is 5.88 Å². The summed E-state index contributed by atoms with van der Waals surface area (Å²) in [5.74, 6) is 1.10. The Bertz CT molecular complexity index is 400. The zero-order chi connectivity index (χ0) is 12.6. The summed E-state index contributed by atoms with van der Waals surface area (Å²) in [6.07, 6.45) is -2.13. The molecule has 6 heteroatoms. The summed E-state index contributed by atoms with van der Waals surface area (Å²) >= 11 is 0. The molecule has 1 saturated carbocycles. The van der Waals surface area contributed by atoms with Gasteiger partial charge < -0.3 is 4.74 Å². The van der Waals surface area contributed by atoms with Gasteiger partial charge in [0.15, 0.2) is 0 Å². The first kappa shape index (κ1) is 12.3. The highest BCUT2D eigenvalue weighted by Gasteiger charge is 2.35. The first-order valence-corrected chi connectivity index (χ1v) is 5.62. The lowest BCUT2D eigenvalue weighted by Gasteiger charge is -2.33. The van der Waals surface area contributed by atoms with Gasteiger partial charge in [-0.3, -0.25) is 4.68 Å². The van der Waals surface area contributed by atoms with Crippen molar-refractivity contribution in [2.24, 2.45) is 18.9 Å². The molecular formula is C11H15F3N2O. The van der Waals surface area contributed by atoms with E-state index in [9.17, 15) is 13.2 Å². The summed E-state index contributed by atoms with van der Waals surface area (Å²) in [5, 5.41) is 3.71. The number of nitrogens with zero attached hydrogens (tertiary/aromatic N) is 2. The third-order valence-electron chi connectivity index (χ3n) is 3.39. The van der Waals surface area contributed by atoms with E-state index in [0.29, 0.717) is 18.4 Å². The molecule has 0 saturated heterocycles. The molecule has 1 aliphatic carbocycles. The second-order valence-corrected chi connectivity index (χ2v) is 4.61. The molecule has 0 bridgehead atoms. The van der Waals surface area contributed by atoms with Crippen LogP contribution in [-0.4, -0.2) is 16.4 Å². The molecule has 1 aromatic heterocycles. The van der Waals surface area contributed by atoms with Crippen molar-refractivity contribution in [1.29, 1.82) is 0 Å². The monoisotopic (exact) mass is 248 g/mol. The molecule has 0 radical (unpaired) electrons. The van der Waals surface area contributed by atoms with E-state index >= 15 is 0 Å². The number of rotatable bonds is 3. The van der Waals surface area contributed by atoms with Crippen LogP contribution in [0.5, 0.6) is 5.88 Å². The minimum Gasteiger partial charge on any atom is -0.476 e. The first-order chi connectivity index (χ1) is 7.88. The van der Waals surface area contributed by atoms with Gasteiger partial charge in [-0.15, -0.1) is 5.10 Å². The second kappa shape index (κ2) is 4.23. The lowest BCUT2D eigenvalue weighted by atomic mass is 9.75. The summed E-state index contributed by atoms with van der Waals surface area (Å²) < 4.78 is 43.6. The Morgan fingerprint density at radius 2 is 2.18 bits per heavy atom. The molecule has 3 nitrogen and oxygen atoms in total. The summed E-state index contributed by atoms with van der Waals surface area (Å²) in [4.78, 5) is 0. The molecule has 0 aromatic carbocycles. The maximum absolute atomic E-state index is 12.5. The van der Waals surface area contributed by atoms with Crippen molar-refractivity contribution in [3.63, 3.8) is 0 Å². The Labute approximate surface area is 97.6 Å². The van der Waals surface area contributed by atoms with Crippen molar-refractivity contribution in [2.75, 3.05) is 6.61 Å². The average molecular weight is 248 g/mol. The molecule has 2 rings (SSSR count). The van der Waals surface area contributed by atoms with Gasteiger partial charge in [0, 0.05) is 13.1 Å². The Balaban J connectivity index is 1.98. The summed E-state index contributed by atoms with van der Waals surface area (Å²) in [6.45, 7) is 2.58. The zero-order valence-electron chi connectivity index (χ0n) is 9.79. The average Bonchev–Trinajstić information content (AvgIpc) is 2.57. The lowest BCUT2D eigenvalue weighted by molar-refractivity contribution is -0.143. The Hall–Kier alpha value is -1.20.